The molecule has 2 rings (SSSR count). The summed E-state index contributed by atoms with van der Waals surface area (Å²) in [6.45, 7) is 1.22. The van der Waals surface area contributed by atoms with Gasteiger partial charge in [-0.1, -0.05) is 0 Å². The minimum absolute atomic E-state index is 0.540. The van der Waals surface area contributed by atoms with Crippen molar-refractivity contribution < 1.29 is 9.52 Å². The predicted octanol–water partition coefficient (Wildman–Crippen LogP) is 1.20. The van der Waals surface area contributed by atoms with Gasteiger partial charge in [0, 0.05) is 20.6 Å². The molecule has 1 aliphatic carbocycles. The maximum atomic E-state index is 10.0. The standard InChI is InChI=1S/C13H21N3O2/c1-14-12(15-10-13(17)6-4-7-13)16(2)9-11-5-3-8-18-11/h3,5,8,17H,4,6-7,9-10H2,1-2H3,(H,14,15). The molecule has 1 aromatic heterocycles. The summed E-state index contributed by atoms with van der Waals surface area (Å²) in [6.07, 6.45) is 4.52. The molecule has 0 bridgehead atoms. The second kappa shape index (κ2) is 5.44. The van der Waals surface area contributed by atoms with Gasteiger partial charge in [0.2, 0.25) is 0 Å². The highest BCUT2D eigenvalue weighted by Gasteiger charge is 2.34. The van der Waals surface area contributed by atoms with Crippen LogP contribution in [0.25, 0.3) is 0 Å². The molecule has 0 unspecified atom stereocenters. The van der Waals surface area contributed by atoms with Crippen molar-refractivity contribution in [2.24, 2.45) is 4.99 Å². The van der Waals surface area contributed by atoms with Crippen LogP contribution in [0.15, 0.2) is 27.8 Å². The van der Waals surface area contributed by atoms with Crippen LogP contribution < -0.4 is 5.32 Å². The summed E-state index contributed by atoms with van der Waals surface area (Å²) >= 11 is 0. The van der Waals surface area contributed by atoms with E-state index < -0.39 is 5.60 Å². The van der Waals surface area contributed by atoms with E-state index in [2.05, 4.69) is 10.3 Å². The van der Waals surface area contributed by atoms with Crippen LogP contribution in [0.3, 0.4) is 0 Å². The molecule has 0 amide bonds. The van der Waals surface area contributed by atoms with Crippen molar-refractivity contribution in [2.75, 3.05) is 20.6 Å². The molecular weight excluding hydrogens is 230 g/mol. The first-order valence-electron chi connectivity index (χ1n) is 6.29. The molecule has 1 aliphatic rings. The van der Waals surface area contributed by atoms with Gasteiger partial charge in [-0.2, -0.15) is 0 Å². The highest BCUT2D eigenvalue weighted by Crippen LogP contribution is 2.30. The van der Waals surface area contributed by atoms with Crippen molar-refractivity contribution in [2.45, 2.75) is 31.4 Å². The number of nitrogens with one attached hydrogen (secondary N) is 1. The number of hydrogen-bond donors (Lipinski definition) is 2. The average Bonchev–Trinajstić information content (AvgIpc) is 2.80. The lowest BCUT2D eigenvalue weighted by Gasteiger charge is -2.37. The van der Waals surface area contributed by atoms with Gasteiger partial charge < -0.3 is 19.7 Å². The van der Waals surface area contributed by atoms with E-state index in [0.29, 0.717) is 13.1 Å². The normalized spacial score (nSPS) is 18.3. The van der Waals surface area contributed by atoms with Gasteiger partial charge in [0.25, 0.3) is 0 Å². The zero-order valence-corrected chi connectivity index (χ0v) is 11.0. The van der Waals surface area contributed by atoms with Crippen molar-refractivity contribution in [3.05, 3.63) is 24.2 Å². The molecule has 5 heteroatoms. The molecule has 0 radical (unpaired) electrons. The molecule has 18 heavy (non-hydrogen) atoms. The van der Waals surface area contributed by atoms with Gasteiger partial charge in [-0.05, 0) is 31.4 Å². The average molecular weight is 251 g/mol. The molecule has 0 spiro atoms. The molecule has 1 fully saturated rings. The summed E-state index contributed by atoms with van der Waals surface area (Å²) in [6, 6.07) is 3.81. The van der Waals surface area contributed by atoms with Crippen molar-refractivity contribution in [3.8, 4) is 0 Å². The number of aliphatic hydroxyl groups is 1. The van der Waals surface area contributed by atoms with Gasteiger partial charge in [0.05, 0.1) is 18.4 Å². The minimum atomic E-state index is -0.540. The third kappa shape index (κ3) is 3.04. The maximum absolute atomic E-state index is 10.0. The maximum Gasteiger partial charge on any atom is 0.193 e. The summed E-state index contributed by atoms with van der Waals surface area (Å²) in [5.74, 6) is 1.66. The van der Waals surface area contributed by atoms with Crippen molar-refractivity contribution in [3.63, 3.8) is 0 Å². The number of aliphatic imine (C=N–C) groups is 1. The van der Waals surface area contributed by atoms with Crippen molar-refractivity contribution in [1.82, 2.24) is 10.2 Å². The molecule has 1 aromatic rings. The van der Waals surface area contributed by atoms with Crippen LogP contribution in [0.5, 0.6) is 0 Å². The lowest BCUT2D eigenvalue weighted by atomic mass is 9.80. The molecule has 0 saturated heterocycles. The van der Waals surface area contributed by atoms with E-state index in [9.17, 15) is 5.11 Å². The number of nitrogens with zero attached hydrogens (tertiary/aromatic N) is 2. The Morgan fingerprint density at radius 2 is 2.39 bits per heavy atom. The number of guanidine groups is 1. The number of furan rings is 1. The first-order valence-corrected chi connectivity index (χ1v) is 6.29. The monoisotopic (exact) mass is 251 g/mol. The molecular formula is C13H21N3O2. The molecule has 2 N–H and O–H groups in total. The quantitative estimate of drug-likeness (QED) is 0.623. The smallest absolute Gasteiger partial charge is 0.193 e. The zero-order chi connectivity index (χ0) is 13.0. The fourth-order valence-electron chi connectivity index (χ4n) is 2.10. The van der Waals surface area contributed by atoms with Gasteiger partial charge in [-0.3, -0.25) is 4.99 Å². The van der Waals surface area contributed by atoms with Crippen LogP contribution in [0, 0.1) is 0 Å². The third-order valence-corrected chi connectivity index (χ3v) is 3.41. The molecule has 1 saturated carbocycles. The Labute approximate surface area is 108 Å². The van der Waals surface area contributed by atoms with Crippen LogP contribution >= 0.6 is 0 Å². The third-order valence-electron chi connectivity index (χ3n) is 3.41. The van der Waals surface area contributed by atoms with Crippen LogP contribution in [-0.2, 0) is 6.54 Å². The second-order valence-corrected chi connectivity index (χ2v) is 4.91. The summed E-state index contributed by atoms with van der Waals surface area (Å²) in [5, 5.41) is 13.2. The molecule has 0 atom stereocenters. The first kappa shape index (κ1) is 13.0. The number of hydrogen-bond acceptors (Lipinski definition) is 3. The van der Waals surface area contributed by atoms with Crippen molar-refractivity contribution in [1.29, 1.82) is 0 Å². The summed E-state index contributed by atoms with van der Waals surface area (Å²) in [7, 11) is 3.69. The minimum Gasteiger partial charge on any atom is -0.467 e. The summed E-state index contributed by atoms with van der Waals surface area (Å²) < 4.78 is 5.30. The van der Waals surface area contributed by atoms with E-state index in [0.717, 1.165) is 31.0 Å². The van der Waals surface area contributed by atoms with Crippen molar-refractivity contribution >= 4 is 5.96 Å². The fourth-order valence-corrected chi connectivity index (χ4v) is 2.10. The van der Waals surface area contributed by atoms with E-state index in [1.54, 1.807) is 13.3 Å². The van der Waals surface area contributed by atoms with Gasteiger partial charge in [0.1, 0.15) is 5.76 Å². The zero-order valence-electron chi connectivity index (χ0n) is 11.0. The Balaban J connectivity index is 1.84. The Hall–Kier alpha value is -1.49. The Kier molecular flexibility index (Phi) is 3.91. The molecule has 1 heterocycles. The van der Waals surface area contributed by atoms with Crippen LogP contribution in [0.1, 0.15) is 25.0 Å². The highest BCUT2D eigenvalue weighted by molar-refractivity contribution is 5.79. The van der Waals surface area contributed by atoms with Gasteiger partial charge in [0.15, 0.2) is 5.96 Å². The molecule has 5 nitrogen and oxygen atoms in total. The summed E-state index contributed by atoms with van der Waals surface area (Å²) in [4.78, 5) is 6.18. The van der Waals surface area contributed by atoms with Gasteiger partial charge in [-0.15, -0.1) is 0 Å². The number of rotatable bonds is 4. The second-order valence-electron chi connectivity index (χ2n) is 4.91. The molecule has 0 aromatic carbocycles. The van der Waals surface area contributed by atoms with Gasteiger partial charge >= 0.3 is 0 Å². The lowest BCUT2D eigenvalue weighted by Crippen LogP contribution is -2.50. The largest absolute Gasteiger partial charge is 0.467 e. The van der Waals surface area contributed by atoms with E-state index in [-0.39, 0.29) is 0 Å². The Morgan fingerprint density at radius 1 is 1.61 bits per heavy atom. The van der Waals surface area contributed by atoms with E-state index in [4.69, 9.17) is 4.42 Å². The summed E-state index contributed by atoms with van der Waals surface area (Å²) in [5.41, 5.74) is -0.540. The van der Waals surface area contributed by atoms with Crippen LogP contribution in [0.2, 0.25) is 0 Å². The lowest BCUT2D eigenvalue weighted by molar-refractivity contribution is -0.0282. The SMILES string of the molecule is CN=C(NCC1(O)CCC1)N(C)Cc1ccco1. The van der Waals surface area contributed by atoms with Crippen LogP contribution in [-0.4, -0.2) is 42.2 Å². The Morgan fingerprint density at radius 3 is 2.89 bits per heavy atom. The topological polar surface area (TPSA) is 61.0 Å². The van der Waals surface area contributed by atoms with E-state index >= 15 is 0 Å². The van der Waals surface area contributed by atoms with Gasteiger partial charge in [-0.25, -0.2) is 0 Å². The molecule has 100 valence electrons. The van der Waals surface area contributed by atoms with E-state index in [1.165, 1.54) is 0 Å². The molecule has 0 aliphatic heterocycles. The fraction of sp³-hybridized carbons (Fsp3) is 0.615. The van der Waals surface area contributed by atoms with Crippen LogP contribution in [0.4, 0.5) is 0 Å². The highest BCUT2D eigenvalue weighted by atomic mass is 16.3. The Bertz CT molecular complexity index is 396. The van der Waals surface area contributed by atoms with E-state index in [1.807, 2.05) is 24.1 Å². The first-order chi connectivity index (χ1) is 8.63. The predicted molar refractivity (Wildman–Crippen MR) is 70.3 cm³/mol.